The normalized spacial score (nSPS) is 14.8. The minimum absolute atomic E-state index is 0.00920. The molecule has 0 fully saturated rings. The summed E-state index contributed by atoms with van der Waals surface area (Å²) < 4.78 is 41.5. The first-order valence-electron chi connectivity index (χ1n) is 10.9. The van der Waals surface area contributed by atoms with Gasteiger partial charge in [0, 0.05) is 24.5 Å². The van der Waals surface area contributed by atoms with Crippen molar-refractivity contribution in [1.82, 2.24) is 4.90 Å². The minimum Gasteiger partial charge on any atom is -0.326 e. The van der Waals surface area contributed by atoms with E-state index in [-0.39, 0.29) is 28.8 Å². The van der Waals surface area contributed by atoms with Crippen LogP contribution in [-0.2, 0) is 19.6 Å². The Morgan fingerprint density at radius 3 is 2.40 bits per heavy atom. The maximum Gasteiger partial charge on any atom is 0.262 e. The molecule has 1 atom stereocenters. The van der Waals surface area contributed by atoms with Gasteiger partial charge in [-0.25, -0.2) is 12.8 Å². The van der Waals surface area contributed by atoms with E-state index in [1.165, 1.54) is 30.0 Å². The molecule has 3 aromatic rings. The van der Waals surface area contributed by atoms with Gasteiger partial charge >= 0.3 is 0 Å². The van der Waals surface area contributed by atoms with E-state index in [0.29, 0.717) is 11.3 Å². The summed E-state index contributed by atoms with van der Waals surface area (Å²) in [6.07, 6.45) is 3.49. The third kappa shape index (κ3) is 5.41. The van der Waals surface area contributed by atoms with Crippen molar-refractivity contribution in [2.75, 3.05) is 10.0 Å². The molecule has 180 valence electrons. The number of aryl methyl sites for hydroxylation is 1. The van der Waals surface area contributed by atoms with E-state index >= 15 is 0 Å². The lowest BCUT2D eigenvalue weighted by Crippen LogP contribution is -2.33. The Balaban J connectivity index is 1.54. The Labute approximate surface area is 203 Å². The van der Waals surface area contributed by atoms with Crippen LogP contribution >= 0.6 is 0 Å². The molecule has 0 bridgehead atoms. The predicted molar refractivity (Wildman–Crippen MR) is 132 cm³/mol. The molecule has 0 spiro atoms. The molecule has 0 aliphatic carbocycles. The molecule has 1 aliphatic rings. The molecule has 0 unspecified atom stereocenters. The van der Waals surface area contributed by atoms with Crippen molar-refractivity contribution in [3.63, 3.8) is 0 Å². The fourth-order valence-corrected chi connectivity index (χ4v) is 5.33. The topological polar surface area (TPSA) is 95.6 Å². The number of halogens is 1. The number of hydrogen-bond acceptors (Lipinski definition) is 4. The van der Waals surface area contributed by atoms with Crippen LogP contribution < -0.4 is 10.0 Å². The van der Waals surface area contributed by atoms with E-state index in [4.69, 9.17) is 0 Å². The molecule has 9 heteroatoms. The highest BCUT2D eigenvalue weighted by molar-refractivity contribution is 7.92. The smallest absolute Gasteiger partial charge is 0.262 e. The monoisotopic (exact) mass is 493 g/mol. The molecular weight excluding hydrogens is 469 g/mol. The van der Waals surface area contributed by atoms with E-state index in [1.807, 2.05) is 30.3 Å². The number of nitrogens with zero attached hydrogens (tertiary/aromatic N) is 1. The number of hydrogen-bond donors (Lipinski definition) is 2. The molecule has 1 aliphatic heterocycles. The number of carbonyl (C=O) groups excluding carboxylic acids is 2. The van der Waals surface area contributed by atoms with E-state index < -0.39 is 21.9 Å². The molecule has 35 heavy (non-hydrogen) atoms. The van der Waals surface area contributed by atoms with E-state index in [1.54, 1.807) is 25.3 Å². The van der Waals surface area contributed by atoms with Gasteiger partial charge in [-0.3, -0.25) is 14.3 Å². The number of rotatable bonds is 6. The van der Waals surface area contributed by atoms with Crippen molar-refractivity contribution < 1.29 is 22.4 Å². The second-order valence-corrected chi connectivity index (χ2v) is 9.88. The Morgan fingerprint density at radius 2 is 1.69 bits per heavy atom. The minimum atomic E-state index is -3.99. The number of nitrogens with one attached hydrogen (secondary N) is 2. The summed E-state index contributed by atoms with van der Waals surface area (Å²) >= 11 is 0. The first-order valence-corrected chi connectivity index (χ1v) is 12.4. The summed E-state index contributed by atoms with van der Waals surface area (Å²) in [5, 5.41) is 2.75. The number of carbonyl (C=O) groups is 2. The van der Waals surface area contributed by atoms with Gasteiger partial charge in [-0.15, -0.1) is 0 Å². The van der Waals surface area contributed by atoms with Gasteiger partial charge in [0.1, 0.15) is 5.82 Å². The van der Waals surface area contributed by atoms with Crippen LogP contribution in [0.1, 0.15) is 36.1 Å². The first-order chi connectivity index (χ1) is 16.6. The number of sulfonamides is 1. The fraction of sp³-hybridized carbons (Fsp3) is 0.154. The summed E-state index contributed by atoms with van der Waals surface area (Å²) in [6.45, 7) is 3.08. The third-order valence-electron chi connectivity index (χ3n) is 5.71. The van der Waals surface area contributed by atoms with Crippen LogP contribution in [0.15, 0.2) is 77.8 Å². The lowest BCUT2D eigenvalue weighted by molar-refractivity contribution is -0.129. The Morgan fingerprint density at radius 1 is 1.00 bits per heavy atom. The van der Waals surface area contributed by atoms with Gasteiger partial charge in [0.05, 0.1) is 17.4 Å². The molecule has 0 radical (unpaired) electrons. The zero-order valence-corrected chi connectivity index (χ0v) is 20.0. The largest absolute Gasteiger partial charge is 0.326 e. The lowest BCUT2D eigenvalue weighted by atomic mass is 9.93. The number of amides is 2. The molecule has 2 amide bonds. The predicted octanol–water partition coefficient (Wildman–Crippen LogP) is 4.84. The summed E-state index contributed by atoms with van der Waals surface area (Å²) in [7, 11) is -3.99. The quantitative estimate of drug-likeness (QED) is 0.514. The standard InChI is InChI=1S/C26H24FN3O4S/c1-17-7-10-22(15-25(17)35(33,34)29-21-11-8-20(27)9-12-21)28-26(32)16-24-23-6-4-3-5-19(23)13-14-30(24)18(2)31/h3-15,24,29H,16H2,1-2H3,(H,28,32)/t24-/m1/s1. The molecule has 1 heterocycles. The summed E-state index contributed by atoms with van der Waals surface area (Å²) in [5.41, 5.74) is 2.78. The number of benzene rings is 3. The van der Waals surface area contributed by atoms with Crippen molar-refractivity contribution in [3.05, 3.63) is 95.4 Å². The molecular formula is C26H24FN3O4S. The van der Waals surface area contributed by atoms with Crippen molar-refractivity contribution in [2.24, 2.45) is 0 Å². The molecule has 7 nitrogen and oxygen atoms in total. The second kappa shape index (κ2) is 9.71. The fourth-order valence-electron chi connectivity index (χ4n) is 4.00. The molecule has 2 N–H and O–H groups in total. The summed E-state index contributed by atoms with van der Waals surface area (Å²) in [6, 6.07) is 16.6. The Hall–Kier alpha value is -3.98. The third-order valence-corrected chi connectivity index (χ3v) is 7.23. The zero-order chi connectivity index (χ0) is 25.2. The molecule has 4 rings (SSSR count). The average molecular weight is 494 g/mol. The van der Waals surface area contributed by atoms with Gasteiger partial charge in [-0.05, 0) is 66.1 Å². The highest BCUT2D eigenvalue weighted by Gasteiger charge is 2.28. The Bertz CT molecular complexity index is 1420. The van der Waals surface area contributed by atoms with Crippen molar-refractivity contribution in [3.8, 4) is 0 Å². The molecule has 0 aromatic heterocycles. The van der Waals surface area contributed by atoms with Crippen LogP contribution in [0.4, 0.5) is 15.8 Å². The van der Waals surface area contributed by atoms with Crippen molar-refractivity contribution >= 4 is 39.3 Å². The SMILES string of the molecule is CC(=O)N1C=Cc2ccccc2[C@H]1CC(=O)Nc1ccc(C)c(S(=O)(=O)Nc2ccc(F)cc2)c1. The highest BCUT2D eigenvalue weighted by atomic mass is 32.2. The average Bonchev–Trinajstić information content (AvgIpc) is 2.81. The lowest BCUT2D eigenvalue weighted by Gasteiger charge is -2.32. The van der Waals surface area contributed by atoms with E-state index in [2.05, 4.69) is 10.0 Å². The maximum atomic E-state index is 13.2. The van der Waals surface area contributed by atoms with Gasteiger partial charge in [0.15, 0.2) is 0 Å². The number of fused-ring (bicyclic) bond motifs is 1. The molecule has 3 aromatic carbocycles. The highest BCUT2D eigenvalue weighted by Crippen LogP contribution is 2.33. The second-order valence-electron chi connectivity index (χ2n) is 8.23. The van der Waals surface area contributed by atoms with Crippen LogP contribution in [0.25, 0.3) is 6.08 Å². The van der Waals surface area contributed by atoms with Crippen LogP contribution in [0.3, 0.4) is 0 Å². The van der Waals surface area contributed by atoms with Gasteiger partial charge in [0.2, 0.25) is 11.8 Å². The van der Waals surface area contributed by atoms with Crippen LogP contribution in [0.2, 0.25) is 0 Å². The van der Waals surface area contributed by atoms with Crippen molar-refractivity contribution in [2.45, 2.75) is 31.2 Å². The van der Waals surface area contributed by atoms with Crippen LogP contribution in [0, 0.1) is 12.7 Å². The zero-order valence-electron chi connectivity index (χ0n) is 19.2. The number of anilines is 2. The van der Waals surface area contributed by atoms with E-state index in [9.17, 15) is 22.4 Å². The summed E-state index contributed by atoms with van der Waals surface area (Å²) in [4.78, 5) is 26.6. The van der Waals surface area contributed by atoms with Gasteiger partial charge in [-0.1, -0.05) is 30.3 Å². The molecule has 0 saturated heterocycles. The van der Waals surface area contributed by atoms with Crippen LogP contribution in [-0.4, -0.2) is 25.1 Å². The van der Waals surface area contributed by atoms with Gasteiger partial charge in [0.25, 0.3) is 10.0 Å². The van der Waals surface area contributed by atoms with Crippen LogP contribution in [0.5, 0.6) is 0 Å². The molecule has 0 saturated carbocycles. The van der Waals surface area contributed by atoms with Gasteiger partial charge in [-0.2, -0.15) is 0 Å². The van der Waals surface area contributed by atoms with Crippen molar-refractivity contribution in [1.29, 1.82) is 0 Å². The summed E-state index contributed by atoms with van der Waals surface area (Å²) in [5.74, 6) is -1.04. The van der Waals surface area contributed by atoms with Gasteiger partial charge < -0.3 is 10.2 Å². The Kier molecular flexibility index (Phi) is 6.70. The first kappa shape index (κ1) is 24.2. The maximum absolute atomic E-state index is 13.2. The van der Waals surface area contributed by atoms with E-state index in [0.717, 1.165) is 23.3 Å².